The summed E-state index contributed by atoms with van der Waals surface area (Å²) in [5.41, 5.74) is 1.70. The van der Waals surface area contributed by atoms with Crippen LogP contribution < -0.4 is 9.47 Å². The van der Waals surface area contributed by atoms with Gasteiger partial charge in [0.15, 0.2) is 0 Å². The molecule has 0 spiro atoms. The molecule has 2 aromatic rings. The molecule has 0 fully saturated rings. The molecule has 2 rings (SSSR count). The maximum Gasteiger partial charge on any atom is 0.212 e. The molecule has 0 amide bonds. The normalized spacial score (nSPS) is 13.2. The second-order valence-electron chi connectivity index (χ2n) is 5.08. The highest BCUT2D eigenvalue weighted by molar-refractivity contribution is 9.09. The minimum atomic E-state index is -0.298. The van der Waals surface area contributed by atoms with Crippen molar-refractivity contribution in [1.82, 2.24) is 9.97 Å². The molecule has 0 saturated heterocycles. The van der Waals surface area contributed by atoms with Gasteiger partial charge in [-0.15, -0.1) is 0 Å². The van der Waals surface area contributed by atoms with Gasteiger partial charge in [-0.25, -0.2) is 9.97 Å². The van der Waals surface area contributed by atoms with Crippen LogP contribution in [0.1, 0.15) is 23.0 Å². The third-order valence-corrected chi connectivity index (χ3v) is 5.03. The van der Waals surface area contributed by atoms with Gasteiger partial charge in [0.25, 0.3) is 0 Å². The first-order valence-corrected chi connectivity index (χ1v) is 9.54. The third-order valence-electron chi connectivity index (χ3n) is 3.74. The highest BCUT2D eigenvalue weighted by atomic mass is 79.9. The number of aromatic nitrogens is 2. The summed E-state index contributed by atoms with van der Waals surface area (Å²) < 4.78 is 10.1. The van der Waals surface area contributed by atoms with Crippen LogP contribution in [-0.4, -0.2) is 40.6 Å². The van der Waals surface area contributed by atoms with E-state index in [2.05, 4.69) is 41.8 Å². The standard InChI is InChI=1S/C17H18Br2N2O3/c1-23-15-5-3-11(9-20-15)13(7-18)17(22)14(8-19)12-4-6-16(24-2)21-10-12/h3-6,9-10,13-14H,7-8H2,1-2H3. The lowest BCUT2D eigenvalue weighted by molar-refractivity contribution is -0.121. The second kappa shape index (κ2) is 9.13. The van der Waals surface area contributed by atoms with Gasteiger partial charge >= 0.3 is 0 Å². The maximum atomic E-state index is 13.0. The minimum Gasteiger partial charge on any atom is -0.481 e. The Kier molecular flexibility index (Phi) is 7.17. The Bertz CT molecular complexity index is 605. The molecule has 2 atom stereocenters. The van der Waals surface area contributed by atoms with Gasteiger partial charge in [-0.1, -0.05) is 44.0 Å². The zero-order valence-electron chi connectivity index (χ0n) is 13.4. The van der Waals surface area contributed by atoms with E-state index in [1.165, 1.54) is 0 Å². The largest absolute Gasteiger partial charge is 0.481 e. The van der Waals surface area contributed by atoms with Gasteiger partial charge in [0.2, 0.25) is 11.8 Å². The molecular formula is C17H18Br2N2O3. The van der Waals surface area contributed by atoms with Crippen molar-refractivity contribution in [2.45, 2.75) is 11.8 Å². The Morgan fingerprint density at radius 1 is 0.917 bits per heavy atom. The SMILES string of the molecule is COc1ccc(C(CBr)C(=O)C(CBr)c2ccc(OC)nc2)cn1. The number of carbonyl (C=O) groups is 1. The van der Waals surface area contributed by atoms with Gasteiger partial charge in [0.1, 0.15) is 5.78 Å². The molecule has 0 radical (unpaired) electrons. The minimum absolute atomic E-state index is 0.0997. The summed E-state index contributed by atoms with van der Waals surface area (Å²) in [7, 11) is 3.12. The van der Waals surface area contributed by atoms with Gasteiger partial charge in [0.05, 0.1) is 26.1 Å². The summed E-state index contributed by atoms with van der Waals surface area (Å²) in [5, 5.41) is 1.04. The van der Waals surface area contributed by atoms with Gasteiger partial charge in [0, 0.05) is 35.2 Å². The lowest BCUT2D eigenvalue weighted by atomic mass is 9.87. The number of Topliss-reactive ketones (excluding diaryl/α,β-unsaturated/α-hetero) is 1. The Morgan fingerprint density at radius 3 is 1.58 bits per heavy atom. The number of methoxy groups -OCH3 is 2. The van der Waals surface area contributed by atoms with Crippen LogP contribution in [0.25, 0.3) is 0 Å². The van der Waals surface area contributed by atoms with E-state index in [0.29, 0.717) is 22.4 Å². The Hall–Kier alpha value is -1.47. The molecule has 0 aromatic carbocycles. The topological polar surface area (TPSA) is 61.3 Å². The first kappa shape index (κ1) is 18.9. The maximum absolute atomic E-state index is 13.0. The predicted molar refractivity (Wildman–Crippen MR) is 99.7 cm³/mol. The lowest BCUT2D eigenvalue weighted by Crippen LogP contribution is -2.23. The number of ketones is 1. The van der Waals surface area contributed by atoms with Crippen LogP contribution in [0.5, 0.6) is 11.8 Å². The summed E-state index contributed by atoms with van der Waals surface area (Å²) in [5.74, 6) is 0.552. The molecule has 24 heavy (non-hydrogen) atoms. The fraction of sp³-hybridized carbons (Fsp3) is 0.353. The van der Waals surface area contributed by atoms with Crippen LogP contribution in [0.15, 0.2) is 36.7 Å². The zero-order chi connectivity index (χ0) is 17.5. The number of hydrogen-bond acceptors (Lipinski definition) is 5. The summed E-state index contributed by atoms with van der Waals surface area (Å²) in [4.78, 5) is 21.4. The summed E-state index contributed by atoms with van der Waals surface area (Å²) in [6.07, 6.45) is 3.36. The van der Waals surface area contributed by atoms with Crippen LogP contribution in [0.2, 0.25) is 0 Å². The fourth-order valence-electron chi connectivity index (χ4n) is 2.34. The van der Waals surface area contributed by atoms with Gasteiger partial charge in [-0.3, -0.25) is 4.79 Å². The highest BCUT2D eigenvalue weighted by Crippen LogP contribution is 2.30. The van der Waals surface area contributed by atoms with Crippen LogP contribution >= 0.6 is 31.9 Å². The van der Waals surface area contributed by atoms with Crippen molar-refractivity contribution in [1.29, 1.82) is 0 Å². The summed E-state index contributed by atoms with van der Waals surface area (Å²) in [6.45, 7) is 0. The van der Waals surface area contributed by atoms with E-state index in [0.717, 1.165) is 11.1 Å². The van der Waals surface area contributed by atoms with Crippen molar-refractivity contribution in [2.75, 3.05) is 24.9 Å². The number of alkyl halides is 2. The average molecular weight is 458 g/mol. The summed E-state index contributed by atoms with van der Waals surface area (Å²) in [6, 6.07) is 7.26. The molecule has 5 nitrogen and oxygen atoms in total. The number of halogens is 2. The number of carbonyl (C=O) groups excluding carboxylic acids is 1. The molecule has 0 bridgehead atoms. The molecule has 128 valence electrons. The third kappa shape index (κ3) is 4.33. The van der Waals surface area contributed by atoms with Crippen LogP contribution in [0, 0.1) is 0 Å². The van der Waals surface area contributed by atoms with Gasteiger partial charge in [-0.2, -0.15) is 0 Å². The van der Waals surface area contributed by atoms with Crippen LogP contribution in [-0.2, 0) is 4.79 Å². The molecule has 7 heteroatoms. The van der Waals surface area contributed by atoms with Crippen molar-refractivity contribution < 1.29 is 14.3 Å². The molecule has 2 aromatic heterocycles. The van der Waals surface area contributed by atoms with E-state index >= 15 is 0 Å². The van der Waals surface area contributed by atoms with Crippen molar-refractivity contribution in [3.8, 4) is 11.8 Å². The van der Waals surface area contributed by atoms with E-state index in [-0.39, 0.29) is 17.6 Å². The number of pyridine rings is 2. The molecule has 2 unspecified atom stereocenters. The fourth-order valence-corrected chi connectivity index (χ4v) is 3.72. The summed E-state index contributed by atoms with van der Waals surface area (Å²) >= 11 is 6.90. The van der Waals surface area contributed by atoms with Crippen molar-refractivity contribution in [3.63, 3.8) is 0 Å². The molecule has 0 aliphatic rings. The molecule has 0 saturated carbocycles. The van der Waals surface area contributed by atoms with Crippen molar-refractivity contribution in [2.24, 2.45) is 0 Å². The zero-order valence-corrected chi connectivity index (χ0v) is 16.6. The van der Waals surface area contributed by atoms with Crippen molar-refractivity contribution in [3.05, 3.63) is 47.8 Å². The second-order valence-corrected chi connectivity index (χ2v) is 6.38. The van der Waals surface area contributed by atoms with Crippen LogP contribution in [0.4, 0.5) is 0 Å². The Labute approximate surface area is 158 Å². The first-order chi connectivity index (χ1) is 11.6. The van der Waals surface area contributed by atoms with Gasteiger partial charge < -0.3 is 9.47 Å². The van der Waals surface area contributed by atoms with Crippen molar-refractivity contribution >= 4 is 37.6 Å². The van der Waals surface area contributed by atoms with E-state index in [9.17, 15) is 4.79 Å². The predicted octanol–water partition coefficient (Wildman–Crippen LogP) is 3.72. The molecule has 2 heterocycles. The quantitative estimate of drug-likeness (QED) is 0.565. The monoisotopic (exact) mass is 456 g/mol. The Balaban J connectivity index is 2.25. The molecule has 0 aliphatic heterocycles. The van der Waals surface area contributed by atoms with E-state index < -0.39 is 0 Å². The number of nitrogens with zero attached hydrogens (tertiary/aromatic N) is 2. The number of ether oxygens (including phenoxy) is 2. The smallest absolute Gasteiger partial charge is 0.212 e. The molecule has 0 aliphatic carbocycles. The number of hydrogen-bond donors (Lipinski definition) is 0. The molecule has 0 N–H and O–H groups in total. The first-order valence-electron chi connectivity index (χ1n) is 7.30. The Morgan fingerprint density at radius 2 is 1.33 bits per heavy atom. The highest BCUT2D eigenvalue weighted by Gasteiger charge is 2.28. The number of rotatable bonds is 8. The average Bonchev–Trinajstić information content (AvgIpc) is 2.64. The molecular weight excluding hydrogens is 440 g/mol. The van der Waals surface area contributed by atoms with Gasteiger partial charge in [-0.05, 0) is 11.1 Å². The van der Waals surface area contributed by atoms with E-state index in [1.54, 1.807) is 38.7 Å². The lowest BCUT2D eigenvalue weighted by Gasteiger charge is -2.20. The van der Waals surface area contributed by atoms with E-state index in [4.69, 9.17) is 9.47 Å². The van der Waals surface area contributed by atoms with E-state index in [1.807, 2.05) is 12.1 Å². The van der Waals surface area contributed by atoms with Crippen LogP contribution in [0.3, 0.4) is 0 Å².